The summed E-state index contributed by atoms with van der Waals surface area (Å²) in [6.45, 7) is 3.47. The predicted octanol–water partition coefficient (Wildman–Crippen LogP) is 2.96. The number of para-hydroxylation sites is 1. The molecule has 0 amide bonds. The average molecular weight is 244 g/mol. The number of nitrogens with zero attached hydrogens (tertiary/aromatic N) is 1. The van der Waals surface area contributed by atoms with Crippen LogP contribution in [-0.2, 0) is 6.42 Å². The van der Waals surface area contributed by atoms with Crippen LogP contribution < -0.4 is 10.6 Å². The van der Waals surface area contributed by atoms with Crippen molar-refractivity contribution in [3.63, 3.8) is 0 Å². The molecular weight excluding hydrogens is 220 g/mol. The molecule has 2 nitrogen and oxygen atoms in total. The number of anilines is 1. The number of rotatable bonds is 4. The first-order chi connectivity index (χ1) is 8.75. The molecule has 0 radical (unpaired) electrons. The quantitative estimate of drug-likeness (QED) is 0.882. The summed E-state index contributed by atoms with van der Waals surface area (Å²) < 4.78 is 0. The standard InChI is InChI=1S/C16H24N2/c1-12-6-7-14-4-2-3-5-16(14)18(12)11-10-15(17)13-8-9-13/h2-5,12-13,15H,6-11,17H2,1H3. The van der Waals surface area contributed by atoms with E-state index >= 15 is 0 Å². The van der Waals surface area contributed by atoms with Crippen molar-refractivity contribution >= 4 is 5.69 Å². The number of fused-ring (bicyclic) bond motifs is 1. The maximum atomic E-state index is 6.23. The van der Waals surface area contributed by atoms with Gasteiger partial charge in [-0.1, -0.05) is 18.2 Å². The molecule has 3 rings (SSSR count). The molecule has 0 aromatic heterocycles. The lowest BCUT2D eigenvalue weighted by atomic mass is 9.96. The largest absolute Gasteiger partial charge is 0.369 e. The minimum Gasteiger partial charge on any atom is -0.369 e. The molecule has 2 unspecified atom stereocenters. The zero-order valence-electron chi connectivity index (χ0n) is 11.3. The lowest BCUT2D eigenvalue weighted by Crippen LogP contribution is -2.40. The summed E-state index contributed by atoms with van der Waals surface area (Å²) in [6.07, 6.45) is 6.35. The molecule has 1 aliphatic carbocycles. The van der Waals surface area contributed by atoms with Crippen LogP contribution in [0.2, 0.25) is 0 Å². The highest BCUT2D eigenvalue weighted by Crippen LogP contribution is 2.34. The van der Waals surface area contributed by atoms with Crippen molar-refractivity contribution in [1.82, 2.24) is 0 Å². The molecule has 0 bridgehead atoms. The van der Waals surface area contributed by atoms with Crippen LogP contribution >= 0.6 is 0 Å². The predicted molar refractivity (Wildman–Crippen MR) is 76.9 cm³/mol. The van der Waals surface area contributed by atoms with E-state index < -0.39 is 0 Å². The molecule has 2 atom stereocenters. The van der Waals surface area contributed by atoms with E-state index in [9.17, 15) is 0 Å². The molecule has 1 saturated carbocycles. The number of nitrogens with two attached hydrogens (primary N) is 1. The van der Waals surface area contributed by atoms with Gasteiger partial charge >= 0.3 is 0 Å². The Morgan fingerprint density at radius 1 is 1.28 bits per heavy atom. The van der Waals surface area contributed by atoms with Gasteiger partial charge in [-0.2, -0.15) is 0 Å². The van der Waals surface area contributed by atoms with Crippen LogP contribution in [0.25, 0.3) is 0 Å². The van der Waals surface area contributed by atoms with Gasteiger partial charge in [-0.25, -0.2) is 0 Å². The van der Waals surface area contributed by atoms with Crippen LogP contribution in [0.3, 0.4) is 0 Å². The van der Waals surface area contributed by atoms with Crippen LogP contribution in [0, 0.1) is 5.92 Å². The highest BCUT2D eigenvalue weighted by molar-refractivity contribution is 5.56. The van der Waals surface area contributed by atoms with E-state index in [1.165, 1.54) is 36.9 Å². The van der Waals surface area contributed by atoms with E-state index in [2.05, 4.69) is 36.1 Å². The number of benzene rings is 1. The number of hydrogen-bond donors (Lipinski definition) is 1. The molecule has 2 aliphatic rings. The fourth-order valence-corrected chi connectivity index (χ4v) is 3.15. The summed E-state index contributed by atoms with van der Waals surface area (Å²) in [5.41, 5.74) is 9.19. The Morgan fingerprint density at radius 3 is 2.83 bits per heavy atom. The Kier molecular flexibility index (Phi) is 3.29. The molecule has 1 aromatic rings. The molecule has 2 heteroatoms. The minimum absolute atomic E-state index is 0.422. The second-order valence-corrected chi connectivity index (χ2v) is 6.00. The topological polar surface area (TPSA) is 29.3 Å². The van der Waals surface area contributed by atoms with Crippen molar-refractivity contribution in [2.75, 3.05) is 11.4 Å². The van der Waals surface area contributed by atoms with Gasteiger partial charge in [-0.05, 0) is 56.6 Å². The van der Waals surface area contributed by atoms with Crippen molar-refractivity contribution in [2.45, 2.75) is 51.1 Å². The van der Waals surface area contributed by atoms with Gasteiger partial charge in [-0.15, -0.1) is 0 Å². The second kappa shape index (κ2) is 4.93. The third kappa shape index (κ3) is 2.39. The van der Waals surface area contributed by atoms with Gasteiger partial charge in [0.15, 0.2) is 0 Å². The normalized spacial score (nSPS) is 24.8. The average Bonchev–Trinajstić information content (AvgIpc) is 3.21. The van der Waals surface area contributed by atoms with Gasteiger partial charge in [0.1, 0.15) is 0 Å². The molecular formula is C16H24N2. The van der Waals surface area contributed by atoms with E-state index in [1.807, 2.05) is 0 Å². The first-order valence-electron chi connectivity index (χ1n) is 7.36. The van der Waals surface area contributed by atoms with Crippen molar-refractivity contribution in [3.8, 4) is 0 Å². The first-order valence-corrected chi connectivity index (χ1v) is 7.36. The summed E-state index contributed by atoms with van der Waals surface area (Å²) in [7, 11) is 0. The maximum Gasteiger partial charge on any atom is 0.0401 e. The molecule has 1 aromatic carbocycles. The molecule has 1 aliphatic heterocycles. The van der Waals surface area contributed by atoms with Crippen molar-refractivity contribution in [1.29, 1.82) is 0 Å². The fraction of sp³-hybridized carbons (Fsp3) is 0.625. The Hall–Kier alpha value is -1.02. The van der Waals surface area contributed by atoms with E-state index in [0.29, 0.717) is 12.1 Å². The maximum absolute atomic E-state index is 6.23. The lowest BCUT2D eigenvalue weighted by molar-refractivity contribution is 0.499. The highest BCUT2D eigenvalue weighted by atomic mass is 15.2. The molecule has 2 N–H and O–H groups in total. The van der Waals surface area contributed by atoms with Crippen molar-refractivity contribution < 1.29 is 0 Å². The Labute approximate surface area is 110 Å². The van der Waals surface area contributed by atoms with Gasteiger partial charge in [0, 0.05) is 24.3 Å². The third-order valence-electron chi connectivity index (χ3n) is 4.60. The first kappa shape index (κ1) is 12.0. The summed E-state index contributed by atoms with van der Waals surface area (Å²) >= 11 is 0. The Bertz CT molecular complexity index is 411. The van der Waals surface area contributed by atoms with Gasteiger partial charge in [0.25, 0.3) is 0 Å². The monoisotopic (exact) mass is 244 g/mol. The smallest absolute Gasteiger partial charge is 0.0401 e. The third-order valence-corrected chi connectivity index (χ3v) is 4.60. The fourth-order valence-electron chi connectivity index (χ4n) is 3.15. The van der Waals surface area contributed by atoms with Crippen molar-refractivity contribution in [3.05, 3.63) is 29.8 Å². The Balaban J connectivity index is 1.69. The second-order valence-electron chi connectivity index (χ2n) is 6.00. The van der Waals surface area contributed by atoms with Crippen molar-refractivity contribution in [2.24, 2.45) is 11.7 Å². The lowest BCUT2D eigenvalue weighted by Gasteiger charge is -2.37. The summed E-state index contributed by atoms with van der Waals surface area (Å²) in [5, 5.41) is 0. The number of aryl methyl sites for hydroxylation is 1. The summed E-state index contributed by atoms with van der Waals surface area (Å²) in [5.74, 6) is 0.820. The summed E-state index contributed by atoms with van der Waals surface area (Å²) in [4.78, 5) is 2.57. The SMILES string of the molecule is CC1CCc2ccccc2N1CCC(N)C1CC1. The summed E-state index contributed by atoms with van der Waals surface area (Å²) in [6, 6.07) is 9.94. The van der Waals surface area contributed by atoms with E-state index in [0.717, 1.165) is 18.9 Å². The van der Waals surface area contributed by atoms with Gasteiger partial charge in [0.05, 0.1) is 0 Å². The van der Waals surface area contributed by atoms with E-state index in [4.69, 9.17) is 5.73 Å². The molecule has 18 heavy (non-hydrogen) atoms. The van der Waals surface area contributed by atoms with E-state index in [-0.39, 0.29) is 0 Å². The zero-order valence-corrected chi connectivity index (χ0v) is 11.3. The highest BCUT2D eigenvalue weighted by Gasteiger charge is 2.29. The zero-order chi connectivity index (χ0) is 12.5. The molecule has 98 valence electrons. The molecule has 1 fully saturated rings. The van der Waals surface area contributed by atoms with E-state index in [1.54, 1.807) is 0 Å². The number of hydrogen-bond acceptors (Lipinski definition) is 2. The molecule has 0 spiro atoms. The minimum atomic E-state index is 0.422. The molecule has 0 saturated heterocycles. The van der Waals surface area contributed by atoms with Gasteiger partial charge < -0.3 is 10.6 Å². The van der Waals surface area contributed by atoms with Gasteiger partial charge in [-0.3, -0.25) is 0 Å². The van der Waals surface area contributed by atoms with Crippen LogP contribution in [0.1, 0.15) is 38.2 Å². The molecule has 1 heterocycles. The Morgan fingerprint density at radius 2 is 2.06 bits per heavy atom. The van der Waals surface area contributed by atoms with Gasteiger partial charge in [0.2, 0.25) is 0 Å². The van der Waals surface area contributed by atoms with Crippen LogP contribution in [0.15, 0.2) is 24.3 Å². The van der Waals surface area contributed by atoms with Crippen LogP contribution in [-0.4, -0.2) is 18.6 Å². The van der Waals surface area contributed by atoms with Crippen LogP contribution in [0.4, 0.5) is 5.69 Å². The van der Waals surface area contributed by atoms with Crippen LogP contribution in [0.5, 0.6) is 0 Å².